The molecule has 10 atom stereocenters. The number of aliphatic hydroxyl groups excluding tert-OH is 3. The van der Waals surface area contributed by atoms with Crippen LogP contribution in [-0.4, -0.2) is 171 Å². The molecule has 64 heavy (non-hydrogen) atoms. The van der Waals surface area contributed by atoms with Gasteiger partial charge in [0.2, 0.25) is 47.3 Å². The Morgan fingerprint density at radius 2 is 1.56 bits per heavy atom. The lowest BCUT2D eigenvalue weighted by molar-refractivity contribution is -0.146. The molecule has 0 spiro atoms. The minimum Gasteiger partial charge on any atom is -0.497 e. The van der Waals surface area contributed by atoms with Gasteiger partial charge < -0.3 is 72.3 Å². The van der Waals surface area contributed by atoms with Gasteiger partial charge in [-0.2, -0.15) is 0 Å². The van der Waals surface area contributed by atoms with Crippen LogP contribution < -0.4 is 42.0 Å². The maximum Gasteiger partial charge on any atom is 0.305 e. The number of methoxy groups -OCH3 is 1. The van der Waals surface area contributed by atoms with Crippen LogP contribution in [0, 0.1) is 11.8 Å². The molecular weight excluding hydrogens is 863 g/mol. The number of benzene rings is 1. The lowest BCUT2D eigenvalue weighted by Crippen LogP contribution is -2.62. The van der Waals surface area contributed by atoms with Crippen LogP contribution in [0.25, 0.3) is 10.9 Å². The smallest absolute Gasteiger partial charge is 0.305 e. The van der Waals surface area contributed by atoms with Crippen LogP contribution in [0.4, 0.5) is 0 Å². The molecule has 0 saturated carbocycles. The van der Waals surface area contributed by atoms with Gasteiger partial charge in [-0.15, -0.1) is 11.8 Å². The van der Waals surface area contributed by atoms with Gasteiger partial charge in [-0.3, -0.25) is 43.2 Å². The summed E-state index contributed by atoms with van der Waals surface area (Å²) in [7, 11) is 1.44. The Balaban J connectivity index is 1.71. The molecule has 350 valence electrons. The number of amides is 8. The Hall–Kier alpha value is -5.98. The number of H-pyrrole nitrogens is 1. The third-order valence-corrected chi connectivity index (χ3v) is 12.7. The molecule has 23 nitrogen and oxygen atoms in total. The molecule has 5 rings (SSSR count). The molecule has 2 bridgehead atoms. The number of carbonyl (C=O) groups is 9. The summed E-state index contributed by atoms with van der Waals surface area (Å²) >= 11 is 0.973. The zero-order valence-corrected chi connectivity index (χ0v) is 36.4. The minimum absolute atomic E-state index is 0.308. The zero-order valence-electron chi connectivity index (χ0n) is 35.6. The molecule has 1 fully saturated rings. The second-order valence-corrected chi connectivity index (χ2v) is 17.1. The molecule has 24 heteroatoms. The summed E-state index contributed by atoms with van der Waals surface area (Å²) in [5, 5.41) is 59.5. The highest BCUT2D eigenvalue weighted by atomic mass is 32.2. The van der Waals surface area contributed by atoms with Crippen LogP contribution in [0.3, 0.4) is 0 Å². The van der Waals surface area contributed by atoms with Gasteiger partial charge in [0, 0.05) is 42.5 Å². The van der Waals surface area contributed by atoms with Gasteiger partial charge in [0.05, 0.1) is 56.0 Å². The monoisotopic (exact) mass is 917 g/mol. The molecular formula is C40H55N9O14S. The largest absolute Gasteiger partial charge is 0.497 e. The number of aliphatic hydroxyl groups is 3. The van der Waals surface area contributed by atoms with Crippen molar-refractivity contribution in [1.29, 1.82) is 0 Å². The Kier molecular flexibility index (Phi) is 16.6. The Labute approximate surface area is 370 Å². The first kappa shape index (κ1) is 49.0. The van der Waals surface area contributed by atoms with Crippen molar-refractivity contribution in [3.63, 3.8) is 0 Å². The van der Waals surface area contributed by atoms with Crippen molar-refractivity contribution >= 4 is 75.9 Å². The fourth-order valence-corrected chi connectivity index (χ4v) is 8.77. The Bertz CT molecular complexity index is 2140. The molecule has 12 N–H and O–H groups in total. The number of aromatic amines is 1. The summed E-state index contributed by atoms with van der Waals surface area (Å²) < 4.78 is 5.40. The molecule has 4 heterocycles. The number of carboxylic acid groups (broad SMARTS) is 1. The molecule has 2 aromatic rings. The highest BCUT2D eigenvalue weighted by Gasteiger charge is 2.45. The van der Waals surface area contributed by atoms with Crippen molar-refractivity contribution in [3.8, 4) is 5.75 Å². The number of carboxylic acids is 1. The van der Waals surface area contributed by atoms with Crippen molar-refractivity contribution in [3.05, 3.63) is 23.8 Å². The van der Waals surface area contributed by atoms with E-state index in [1.807, 2.05) is 0 Å². The number of hydrogen-bond acceptors (Lipinski definition) is 14. The lowest BCUT2D eigenvalue weighted by atomic mass is 9.93. The fourth-order valence-electron chi connectivity index (χ4n) is 7.65. The predicted octanol–water partition coefficient (Wildman–Crippen LogP) is -4.03. The first-order valence-electron chi connectivity index (χ1n) is 20.7. The number of hydrogen-bond donors (Lipinski definition) is 12. The summed E-state index contributed by atoms with van der Waals surface area (Å²) in [6, 6.07) is -4.47. The second kappa shape index (κ2) is 21.6. The lowest BCUT2D eigenvalue weighted by Gasteiger charge is -2.32. The topological polar surface area (TPSA) is 347 Å². The van der Waals surface area contributed by atoms with Gasteiger partial charge in [0.1, 0.15) is 42.0 Å². The Morgan fingerprint density at radius 1 is 0.875 bits per heavy atom. The van der Waals surface area contributed by atoms with Gasteiger partial charge in [-0.25, -0.2) is 0 Å². The third-order valence-electron chi connectivity index (χ3n) is 11.6. The molecule has 3 aliphatic rings. The highest BCUT2D eigenvalue weighted by molar-refractivity contribution is 7.99. The summed E-state index contributed by atoms with van der Waals surface area (Å²) in [5.41, 5.74) is 0.866. The van der Waals surface area contributed by atoms with Crippen LogP contribution >= 0.6 is 11.8 Å². The number of thioether (sulfide) groups is 1. The molecule has 0 radical (unpaired) electrons. The van der Waals surface area contributed by atoms with Crippen LogP contribution in [-0.2, 0) is 49.6 Å². The minimum atomic E-state index is -1.86. The van der Waals surface area contributed by atoms with Crippen molar-refractivity contribution in [2.75, 3.05) is 39.1 Å². The molecule has 1 saturated heterocycles. The van der Waals surface area contributed by atoms with E-state index in [-0.39, 0.29) is 12.2 Å². The summed E-state index contributed by atoms with van der Waals surface area (Å²) in [6.45, 7) is 2.05. The maximum absolute atomic E-state index is 14.4. The number of carbonyl (C=O) groups excluding carboxylic acids is 8. The second-order valence-electron chi connectivity index (χ2n) is 16.1. The van der Waals surface area contributed by atoms with Crippen LogP contribution in [0.1, 0.15) is 45.6 Å². The summed E-state index contributed by atoms with van der Waals surface area (Å²) in [4.78, 5) is 128. The van der Waals surface area contributed by atoms with Crippen molar-refractivity contribution in [2.45, 2.75) is 99.9 Å². The molecule has 8 amide bonds. The van der Waals surface area contributed by atoms with E-state index in [4.69, 9.17) is 4.74 Å². The first-order valence-corrected chi connectivity index (χ1v) is 21.7. The van der Waals surface area contributed by atoms with Crippen molar-refractivity contribution < 1.29 is 68.3 Å². The standard InChI is InChI=1S/C40H55N9O14S/c1-5-17(2)32-37(60)42-12-29(53)43-26-16-64-39-22(21-7-6-20(63-4)9-23(21)46-39)10-24(34(57)41-13-30(54)47-32)44-38(61)33(18(3)28(52)15-50)48-36(59)27-8-19(51)14-49(27)40(62)25(11-31(55)56)45-35(26)58/h6-7,9,17-19,24-28,32-33,46,50-52H,5,8,10-16H2,1-4H3,(H,41,57)(H,42,60)(H,43,53)(H,44,61)(H,45,58)(H,47,54)(H,48,59)(H,55,56). The molecule has 3 aliphatic heterocycles. The molecule has 0 aliphatic carbocycles. The van der Waals surface area contributed by atoms with Gasteiger partial charge in [-0.05, 0) is 23.6 Å². The molecule has 1 aromatic heterocycles. The SMILES string of the molecule is CCC(C)C1NC(=O)CNC(=O)C2Cc3c([nH]c4cc(OC)ccc34)SCC(NC(=O)CNC1=O)C(=O)NC(CC(=O)O)C(=O)N1CC(O)CC1C(=O)NC(C(C)C(O)CO)C(=O)N2. The van der Waals surface area contributed by atoms with Gasteiger partial charge in [0.15, 0.2) is 0 Å². The highest BCUT2D eigenvalue weighted by Crippen LogP contribution is 2.34. The van der Waals surface area contributed by atoms with E-state index in [1.54, 1.807) is 32.0 Å². The number of aromatic nitrogens is 1. The van der Waals surface area contributed by atoms with Gasteiger partial charge in [0.25, 0.3) is 0 Å². The number of aliphatic carboxylic acids is 1. The van der Waals surface area contributed by atoms with Crippen LogP contribution in [0.15, 0.2) is 23.2 Å². The number of nitrogens with zero attached hydrogens (tertiary/aromatic N) is 1. The van der Waals surface area contributed by atoms with Gasteiger partial charge >= 0.3 is 5.97 Å². The predicted molar refractivity (Wildman–Crippen MR) is 225 cm³/mol. The average molecular weight is 918 g/mol. The number of ether oxygens (including phenoxy) is 1. The zero-order chi connectivity index (χ0) is 47.0. The quantitative estimate of drug-likeness (QED) is 0.120. The van der Waals surface area contributed by atoms with E-state index in [0.717, 1.165) is 16.7 Å². The first-order chi connectivity index (χ1) is 30.3. The summed E-state index contributed by atoms with van der Waals surface area (Å²) in [6.07, 6.45) is -4.24. The van der Waals surface area contributed by atoms with Crippen LogP contribution in [0.2, 0.25) is 0 Å². The van der Waals surface area contributed by atoms with Crippen molar-refractivity contribution in [2.24, 2.45) is 11.8 Å². The maximum atomic E-state index is 14.4. The summed E-state index contributed by atoms with van der Waals surface area (Å²) in [5.74, 6) is -10.7. The number of nitrogens with one attached hydrogen (secondary N) is 8. The van der Waals surface area contributed by atoms with E-state index in [0.29, 0.717) is 33.7 Å². The van der Waals surface area contributed by atoms with E-state index in [1.165, 1.54) is 14.0 Å². The third kappa shape index (κ3) is 11.8. The number of rotatable bonds is 8. The van der Waals surface area contributed by atoms with E-state index < -0.39 is 153 Å². The molecule has 1 aromatic carbocycles. The average Bonchev–Trinajstić information content (AvgIpc) is 3.83. The number of fused-ring (bicyclic) bond motifs is 5. The molecule has 10 unspecified atom stereocenters. The van der Waals surface area contributed by atoms with Crippen LogP contribution in [0.5, 0.6) is 5.75 Å². The van der Waals surface area contributed by atoms with E-state index in [9.17, 15) is 63.6 Å². The van der Waals surface area contributed by atoms with E-state index in [2.05, 4.69) is 42.2 Å². The fraction of sp³-hybridized carbons (Fsp3) is 0.575. The van der Waals surface area contributed by atoms with Crippen molar-refractivity contribution in [1.82, 2.24) is 47.1 Å². The van der Waals surface area contributed by atoms with E-state index >= 15 is 0 Å². The Morgan fingerprint density at radius 3 is 2.22 bits per heavy atom. The van der Waals surface area contributed by atoms with Gasteiger partial charge in [-0.1, -0.05) is 27.2 Å². The normalized spacial score (nSPS) is 27.3.